The van der Waals surface area contributed by atoms with Gasteiger partial charge in [-0.1, -0.05) is 41.7 Å². The molecule has 0 radical (unpaired) electrons. The number of anilines is 2. The van der Waals surface area contributed by atoms with E-state index in [9.17, 15) is 14.4 Å². The summed E-state index contributed by atoms with van der Waals surface area (Å²) in [6.07, 6.45) is 0. The SMILES string of the molecule is CCOC(=O)C1=C(C)N=c2s/c(=C3\C(=O)Nc4ccccc43)c(=O)n2C1c1ccc(N(C)C)cc1. The van der Waals surface area contributed by atoms with Crippen molar-refractivity contribution >= 4 is 40.2 Å². The molecule has 1 amide bonds. The summed E-state index contributed by atoms with van der Waals surface area (Å²) in [5, 5.41) is 2.83. The molecule has 35 heavy (non-hydrogen) atoms. The zero-order valence-corrected chi connectivity index (χ0v) is 20.6. The number of hydrogen-bond donors (Lipinski definition) is 1. The minimum Gasteiger partial charge on any atom is -0.463 e. The monoisotopic (exact) mass is 488 g/mol. The van der Waals surface area contributed by atoms with Gasteiger partial charge >= 0.3 is 5.97 Å². The topological polar surface area (TPSA) is 93.0 Å². The summed E-state index contributed by atoms with van der Waals surface area (Å²) in [5.41, 5.74) is 3.83. The van der Waals surface area contributed by atoms with Crippen molar-refractivity contribution in [3.05, 3.63) is 90.6 Å². The van der Waals surface area contributed by atoms with E-state index in [1.807, 2.05) is 61.5 Å². The van der Waals surface area contributed by atoms with Crippen molar-refractivity contribution in [1.82, 2.24) is 4.57 Å². The first-order chi connectivity index (χ1) is 16.8. The molecule has 0 saturated heterocycles. The van der Waals surface area contributed by atoms with E-state index in [-0.39, 0.29) is 18.1 Å². The number of rotatable bonds is 4. The van der Waals surface area contributed by atoms with Crippen molar-refractivity contribution in [1.29, 1.82) is 0 Å². The van der Waals surface area contributed by atoms with Crippen molar-refractivity contribution in [3.63, 3.8) is 0 Å². The number of aromatic nitrogens is 1. The summed E-state index contributed by atoms with van der Waals surface area (Å²) in [4.78, 5) is 46.8. The Hall–Kier alpha value is -3.98. The highest BCUT2D eigenvalue weighted by atomic mass is 32.1. The Morgan fingerprint density at radius 3 is 2.54 bits per heavy atom. The molecule has 8 nitrogen and oxygen atoms in total. The molecule has 0 fully saturated rings. The van der Waals surface area contributed by atoms with Crippen LogP contribution in [0, 0.1) is 0 Å². The van der Waals surface area contributed by atoms with E-state index in [0.29, 0.717) is 37.4 Å². The Labute approximate surface area is 205 Å². The molecule has 3 heterocycles. The lowest BCUT2D eigenvalue weighted by molar-refractivity contribution is -0.139. The number of allylic oxidation sites excluding steroid dienone is 1. The van der Waals surface area contributed by atoms with E-state index in [1.165, 1.54) is 4.57 Å². The fourth-order valence-corrected chi connectivity index (χ4v) is 5.60. The zero-order valence-electron chi connectivity index (χ0n) is 19.8. The maximum Gasteiger partial charge on any atom is 0.338 e. The Balaban J connectivity index is 1.79. The lowest BCUT2D eigenvalue weighted by Gasteiger charge is -2.25. The van der Waals surface area contributed by atoms with Crippen LogP contribution in [0.3, 0.4) is 0 Å². The first-order valence-corrected chi connectivity index (χ1v) is 12.0. The maximum atomic E-state index is 13.9. The molecule has 1 N–H and O–H groups in total. The molecule has 9 heteroatoms. The van der Waals surface area contributed by atoms with E-state index in [1.54, 1.807) is 19.9 Å². The number of benzene rings is 2. The van der Waals surface area contributed by atoms with Crippen molar-refractivity contribution in [3.8, 4) is 0 Å². The number of amides is 1. The van der Waals surface area contributed by atoms with Crippen LogP contribution in [0.25, 0.3) is 5.57 Å². The van der Waals surface area contributed by atoms with Gasteiger partial charge in [0.1, 0.15) is 4.53 Å². The summed E-state index contributed by atoms with van der Waals surface area (Å²) < 4.78 is 7.14. The first kappa shape index (κ1) is 22.8. The fraction of sp³-hybridized carbons (Fsp3) is 0.231. The normalized spacial score (nSPS) is 17.9. The van der Waals surface area contributed by atoms with Gasteiger partial charge in [0.15, 0.2) is 4.80 Å². The number of esters is 1. The van der Waals surface area contributed by atoms with Gasteiger partial charge in [-0.3, -0.25) is 14.2 Å². The Morgan fingerprint density at radius 1 is 1.14 bits per heavy atom. The van der Waals surface area contributed by atoms with Crippen molar-refractivity contribution in [2.75, 3.05) is 30.9 Å². The standard InChI is InChI=1S/C26H24N4O4S/c1-5-34-25(33)19-14(2)27-26-30(21(19)15-10-12-16(13-11-15)29(3)4)24(32)22(35-26)20-17-8-6-7-9-18(17)28-23(20)31/h6-13,21H,5H2,1-4H3,(H,28,31)/b22-20-. The van der Waals surface area contributed by atoms with Gasteiger partial charge in [0.25, 0.3) is 11.5 Å². The highest BCUT2D eigenvalue weighted by Gasteiger charge is 2.35. The van der Waals surface area contributed by atoms with Crippen LogP contribution in [0.1, 0.15) is 31.0 Å². The molecule has 0 aliphatic carbocycles. The van der Waals surface area contributed by atoms with E-state index >= 15 is 0 Å². The van der Waals surface area contributed by atoms with Gasteiger partial charge < -0.3 is 15.0 Å². The van der Waals surface area contributed by atoms with Crippen LogP contribution in [-0.2, 0) is 14.3 Å². The molecule has 178 valence electrons. The number of carbonyl (C=O) groups is 2. The average molecular weight is 489 g/mol. The van der Waals surface area contributed by atoms with Crippen LogP contribution < -0.4 is 25.1 Å². The van der Waals surface area contributed by atoms with Crippen LogP contribution in [0.15, 0.2) is 69.6 Å². The van der Waals surface area contributed by atoms with E-state index in [0.717, 1.165) is 22.6 Å². The second-order valence-electron chi connectivity index (χ2n) is 8.48. The highest BCUT2D eigenvalue weighted by Crippen LogP contribution is 2.33. The lowest BCUT2D eigenvalue weighted by Crippen LogP contribution is -2.40. The number of carbonyl (C=O) groups excluding carboxylic acids is 2. The first-order valence-electron chi connectivity index (χ1n) is 11.2. The minimum atomic E-state index is -0.726. The van der Waals surface area contributed by atoms with Gasteiger partial charge in [-0.25, -0.2) is 9.79 Å². The summed E-state index contributed by atoms with van der Waals surface area (Å²) in [6, 6.07) is 14.2. The predicted octanol–water partition coefficient (Wildman–Crippen LogP) is 2.19. The fourth-order valence-electron chi connectivity index (χ4n) is 4.45. The van der Waals surface area contributed by atoms with E-state index in [2.05, 4.69) is 10.3 Å². The molecule has 2 aliphatic rings. The molecular weight excluding hydrogens is 464 g/mol. The number of nitrogens with one attached hydrogen (secondary N) is 1. The zero-order chi connectivity index (χ0) is 24.9. The molecule has 0 spiro atoms. The summed E-state index contributed by atoms with van der Waals surface area (Å²) in [6.45, 7) is 3.68. The number of thiazole rings is 1. The molecule has 3 aromatic rings. The van der Waals surface area contributed by atoms with E-state index < -0.39 is 12.0 Å². The summed E-state index contributed by atoms with van der Waals surface area (Å²) in [5.74, 6) is -0.845. The Kier molecular flexibility index (Phi) is 5.64. The quantitative estimate of drug-likeness (QED) is 0.569. The van der Waals surface area contributed by atoms with Gasteiger partial charge in [-0.2, -0.15) is 0 Å². The molecular formula is C26H24N4O4S. The predicted molar refractivity (Wildman–Crippen MR) is 135 cm³/mol. The number of ether oxygens (including phenoxy) is 1. The lowest BCUT2D eigenvalue weighted by atomic mass is 9.95. The molecule has 2 aliphatic heterocycles. The third-order valence-corrected chi connectivity index (χ3v) is 7.17. The molecule has 1 unspecified atom stereocenters. The van der Waals surface area contributed by atoms with Crippen LogP contribution in [0.4, 0.5) is 11.4 Å². The molecule has 1 atom stereocenters. The van der Waals surface area contributed by atoms with Crippen molar-refractivity contribution in [2.45, 2.75) is 19.9 Å². The van der Waals surface area contributed by atoms with Gasteiger partial charge in [0.05, 0.1) is 29.5 Å². The molecule has 1 aromatic heterocycles. The van der Waals surface area contributed by atoms with Gasteiger partial charge in [-0.15, -0.1) is 0 Å². The number of para-hydroxylation sites is 1. The third-order valence-electron chi connectivity index (χ3n) is 6.12. The van der Waals surface area contributed by atoms with E-state index in [4.69, 9.17) is 4.74 Å². The highest BCUT2D eigenvalue weighted by molar-refractivity contribution is 7.07. The number of hydrogen-bond acceptors (Lipinski definition) is 7. The number of fused-ring (bicyclic) bond motifs is 2. The molecule has 5 rings (SSSR count). The largest absolute Gasteiger partial charge is 0.463 e. The van der Waals surface area contributed by atoms with Crippen molar-refractivity contribution < 1.29 is 14.3 Å². The Bertz CT molecular complexity index is 1580. The third kappa shape index (κ3) is 3.68. The van der Waals surface area contributed by atoms with Gasteiger partial charge in [-0.05, 0) is 37.6 Å². The molecule has 0 saturated carbocycles. The smallest absolute Gasteiger partial charge is 0.338 e. The van der Waals surface area contributed by atoms with Gasteiger partial charge in [0.2, 0.25) is 0 Å². The summed E-state index contributed by atoms with van der Waals surface area (Å²) in [7, 11) is 3.89. The van der Waals surface area contributed by atoms with Crippen LogP contribution >= 0.6 is 11.3 Å². The van der Waals surface area contributed by atoms with Crippen LogP contribution in [-0.4, -0.2) is 37.1 Å². The summed E-state index contributed by atoms with van der Waals surface area (Å²) >= 11 is 1.16. The second kappa shape index (κ2) is 8.66. The molecule has 2 aromatic carbocycles. The average Bonchev–Trinajstić information content (AvgIpc) is 3.33. The van der Waals surface area contributed by atoms with Gasteiger partial charge in [0, 0.05) is 31.0 Å². The Morgan fingerprint density at radius 2 is 1.86 bits per heavy atom. The maximum absolute atomic E-state index is 13.9. The minimum absolute atomic E-state index is 0.202. The molecule has 0 bridgehead atoms. The van der Waals surface area contributed by atoms with Crippen molar-refractivity contribution in [2.24, 2.45) is 4.99 Å². The second-order valence-corrected chi connectivity index (χ2v) is 9.46. The van der Waals surface area contributed by atoms with Crippen LogP contribution in [0.2, 0.25) is 0 Å². The van der Waals surface area contributed by atoms with Crippen LogP contribution in [0.5, 0.6) is 0 Å². The number of nitrogens with zero attached hydrogens (tertiary/aromatic N) is 3.